The van der Waals surface area contributed by atoms with E-state index in [0.29, 0.717) is 10.9 Å². The number of primary amides is 1. The normalized spacial score (nSPS) is 12.2. The maximum Gasteiger partial charge on any atom is 0.266 e. The van der Waals surface area contributed by atoms with Gasteiger partial charge >= 0.3 is 0 Å². The lowest BCUT2D eigenvalue weighted by atomic mass is 10.2. The van der Waals surface area contributed by atoms with Gasteiger partial charge in [-0.2, -0.15) is 0 Å². The van der Waals surface area contributed by atoms with Crippen LogP contribution in [0.3, 0.4) is 0 Å². The quantitative estimate of drug-likeness (QED) is 0.848. The molecular formula is C11H13N3O3S. The number of para-hydroxylation sites is 1. The van der Waals surface area contributed by atoms with Crippen LogP contribution in [0.15, 0.2) is 29.2 Å². The van der Waals surface area contributed by atoms with Crippen LogP contribution in [0, 0.1) is 0 Å². The van der Waals surface area contributed by atoms with E-state index in [-0.39, 0.29) is 10.6 Å². The number of carbonyl (C=O) groups excluding carboxylic acids is 1. The van der Waals surface area contributed by atoms with Gasteiger partial charge in [-0.05, 0) is 6.07 Å². The highest BCUT2D eigenvalue weighted by Gasteiger charge is 2.28. The van der Waals surface area contributed by atoms with Crippen LogP contribution in [0.4, 0.5) is 0 Å². The fourth-order valence-corrected chi connectivity index (χ4v) is 2.97. The van der Waals surface area contributed by atoms with E-state index in [1.54, 1.807) is 24.3 Å². The van der Waals surface area contributed by atoms with Gasteiger partial charge in [-0.3, -0.25) is 4.79 Å². The highest BCUT2D eigenvalue weighted by Crippen LogP contribution is 2.28. The molecule has 0 aliphatic carbocycles. The van der Waals surface area contributed by atoms with E-state index in [1.165, 1.54) is 14.1 Å². The summed E-state index contributed by atoms with van der Waals surface area (Å²) in [4.78, 5) is 14.0. The second-order valence-corrected chi connectivity index (χ2v) is 6.12. The number of H-pyrrole nitrogens is 1. The molecule has 96 valence electrons. The molecule has 0 spiro atoms. The van der Waals surface area contributed by atoms with Crippen molar-refractivity contribution in [1.82, 2.24) is 9.29 Å². The lowest BCUT2D eigenvalue weighted by Crippen LogP contribution is -2.25. The molecule has 2 aromatic rings. The molecule has 1 aromatic carbocycles. The minimum atomic E-state index is -3.73. The van der Waals surface area contributed by atoms with E-state index in [2.05, 4.69) is 4.98 Å². The van der Waals surface area contributed by atoms with E-state index in [1.807, 2.05) is 0 Å². The highest BCUT2D eigenvalue weighted by molar-refractivity contribution is 7.89. The van der Waals surface area contributed by atoms with E-state index < -0.39 is 15.9 Å². The summed E-state index contributed by atoms with van der Waals surface area (Å²) in [7, 11) is -0.925. The Labute approximate surface area is 104 Å². The molecule has 0 unspecified atom stereocenters. The Balaban J connectivity index is 2.91. The Morgan fingerprint density at radius 2 is 1.89 bits per heavy atom. The maximum atomic E-state index is 12.2. The molecule has 0 fully saturated rings. The molecule has 0 radical (unpaired) electrons. The molecule has 0 saturated carbocycles. The number of nitrogens with one attached hydrogen (secondary N) is 1. The van der Waals surface area contributed by atoms with E-state index >= 15 is 0 Å². The van der Waals surface area contributed by atoms with Crippen molar-refractivity contribution in [2.75, 3.05) is 14.1 Å². The van der Waals surface area contributed by atoms with Crippen LogP contribution in [0.25, 0.3) is 10.9 Å². The zero-order chi connectivity index (χ0) is 13.5. The molecule has 2 rings (SSSR count). The Morgan fingerprint density at radius 3 is 2.44 bits per heavy atom. The fraction of sp³-hybridized carbons (Fsp3) is 0.182. The largest absolute Gasteiger partial charge is 0.364 e. The van der Waals surface area contributed by atoms with Crippen molar-refractivity contribution in [3.63, 3.8) is 0 Å². The Morgan fingerprint density at radius 1 is 1.28 bits per heavy atom. The summed E-state index contributed by atoms with van der Waals surface area (Å²) in [6.45, 7) is 0. The summed E-state index contributed by atoms with van der Waals surface area (Å²) in [5, 5.41) is 0.458. The Kier molecular flexibility index (Phi) is 2.88. The lowest BCUT2D eigenvalue weighted by Gasteiger charge is -2.11. The van der Waals surface area contributed by atoms with Crippen molar-refractivity contribution in [2.24, 2.45) is 5.73 Å². The lowest BCUT2D eigenvalue weighted by molar-refractivity contribution is 0.0993. The monoisotopic (exact) mass is 267 g/mol. The van der Waals surface area contributed by atoms with Gasteiger partial charge in [0.15, 0.2) is 0 Å². The van der Waals surface area contributed by atoms with E-state index in [9.17, 15) is 13.2 Å². The van der Waals surface area contributed by atoms with Crippen molar-refractivity contribution in [1.29, 1.82) is 0 Å². The van der Waals surface area contributed by atoms with E-state index in [0.717, 1.165) is 4.31 Å². The van der Waals surface area contributed by atoms with Gasteiger partial charge in [0.05, 0.1) is 0 Å². The third-order valence-electron chi connectivity index (χ3n) is 2.64. The number of hydrogen-bond donors (Lipinski definition) is 2. The molecule has 6 nitrogen and oxygen atoms in total. The molecule has 7 heteroatoms. The molecule has 3 N–H and O–H groups in total. The third kappa shape index (κ3) is 1.77. The van der Waals surface area contributed by atoms with Gasteiger partial charge in [0.25, 0.3) is 5.91 Å². The van der Waals surface area contributed by atoms with Crippen LogP contribution >= 0.6 is 0 Å². The van der Waals surface area contributed by atoms with Crippen molar-refractivity contribution < 1.29 is 13.2 Å². The number of aromatic amines is 1. The number of rotatable bonds is 3. The van der Waals surface area contributed by atoms with Gasteiger partial charge in [0.2, 0.25) is 10.0 Å². The van der Waals surface area contributed by atoms with Gasteiger partial charge in [-0.15, -0.1) is 0 Å². The van der Waals surface area contributed by atoms with Gasteiger partial charge in [0.1, 0.15) is 10.6 Å². The van der Waals surface area contributed by atoms with Crippen LogP contribution in [-0.4, -0.2) is 37.7 Å². The molecule has 1 heterocycles. The summed E-state index contributed by atoms with van der Waals surface area (Å²) in [6.07, 6.45) is 0. The van der Waals surface area contributed by atoms with Crippen LogP contribution in [0.2, 0.25) is 0 Å². The first-order chi connectivity index (χ1) is 8.35. The summed E-state index contributed by atoms with van der Waals surface area (Å²) in [5.41, 5.74) is 5.69. The zero-order valence-corrected chi connectivity index (χ0v) is 10.8. The summed E-state index contributed by atoms with van der Waals surface area (Å²) in [5.74, 6) is -0.799. The number of nitrogens with two attached hydrogens (primary N) is 1. The van der Waals surface area contributed by atoms with Gasteiger partial charge in [-0.1, -0.05) is 18.2 Å². The molecule has 0 aliphatic rings. The molecule has 0 aliphatic heterocycles. The zero-order valence-electron chi connectivity index (χ0n) is 9.97. The van der Waals surface area contributed by atoms with Gasteiger partial charge in [-0.25, -0.2) is 12.7 Å². The topological polar surface area (TPSA) is 96.3 Å². The van der Waals surface area contributed by atoms with Crippen molar-refractivity contribution >= 4 is 26.8 Å². The number of nitrogens with zero attached hydrogens (tertiary/aromatic N) is 1. The molecule has 0 bridgehead atoms. The fourth-order valence-electron chi connectivity index (χ4n) is 1.74. The van der Waals surface area contributed by atoms with Gasteiger partial charge < -0.3 is 10.7 Å². The second-order valence-electron chi connectivity index (χ2n) is 4.03. The van der Waals surface area contributed by atoms with E-state index in [4.69, 9.17) is 5.73 Å². The predicted octanol–water partition coefficient (Wildman–Crippen LogP) is 0.517. The number of sulfonamides is 1. The molecule has 1 aromatic heterocycles. The van der Waals surface area contributed by atoms with Crippen LogP contribution < -0.4 is 5.73 Å². The molecule has 0 atom stereocenters. The molecule has 18 heavy (non-hydrogen) atoms. The number of benzene rings is 1. The minimum Gasteiger partial charge on any atom is -0.364 e. The van der Waals surface area contributed by atoms with Crippen LogP contribution in [0.5, 0.6) is 0 Å². The maximum absolute atomic E-state index is 12.2. The number of amides is 1. The van der Waals surface area contributed by atoms with Gasteiger partial charge in [0, 0.05) is 25.0 Å². The third-order valence-corrected chi connectivity index (χ3v) is 4.54. The smallest absolute Gasteiger partial charge is 0.266 e. The number of aromatic nitrogens is 1. The highest BCUT2D eigenvalue weighted by atomic mass is 32.2. The first-order valence-corrected chi connectivity index (χ1v) is 6.62. The number of fused-ring (bicyclic) bond motifs is 1. The average Bonchev–Trinajstić information content (AvgIpc) is 2.68. The number of hydrogen-bond acceptors (Lipinski definition) is 3. The summed E-state index contributed by atoms with van der Waals surface area (Å²) in [6, 6.07) is 6.77. The van der Waals surface area contributed by atoms with Crippen molar-refractivity contribution in [3.8, 4) is 0 Å². The second kappa shape index (κ2) is 4.11. The van der Waals surface area contributed by atoms with Crippen LogP contribution in [-0.2, 0) is 10.0 Å². The summed E-state index contributed by atoms with van der Waals surface area (Å²) < 4.78 is 25.5. The first-order valence-electron chi connectivity index (χ1n) is 5.18. The predicted molar refractivity (Wildman–Crippen MR) is 67.7 cm³/mol. The van der Waals surface area contributed by atoms with Crippen molar-refractivity contribution in [2.45, 2.75) is 4.90 Å². The Hall–Kier alpha value is -1.86. The van der Waals surface area contributed by atoms with Crippen LogP contribution in [0.1, 0.15) is 10.5 Å². The number of carbonyl (C=O) groups is 1. The first kappa shape index (κ1) is 12.6. The SMILES string of the molecule is CN(C)S(=O)(=O)c1c(C(N)=O)[nH]c2ccccc12. The molecule has 1 amide bonds. The minimum absolute atomic E-state index is 0.0735. The molecular weight excluding hydrogens is 254 g/mol. The van der Waals surface area contributed by atoms with Crippen molar-refractivity contribution in [3.05, 3.63) is 30.0 Å². The summed E-state index contributed by atoms with van der Waals surface area (Å²) >= 11 is 0. The average molecular weight is 267 g/mol. The Bertz CT molecular complexity index is 716. The standard InChI is InChI=1S/C11H13N3O3S/c1-14(2)18(16,17)10-7-5-3-4-6-8(7)13-9(10)11(12)15/h3-6,13H,1-2H3,(H2,12,15). The molecule has 0 saturated heterocycles.